The normalized spacial score (nSPS) is 10.8. The van der Waals surface area contributed by atoms with Gasteiger partial charge in [-0.2, -0.15) is 5.10 Å². The highest BCUT2D eigenvalue weighted by atomic mass is 35.5. The molecule has 2 N–H and O–H groups in total. The third-order valence-electron chi connectivity index (χ3n) is 2.82. The van der Waals surface area contributed by atoms with Gasteiger partial charge in [-0.05, 0) is 29.7 Å². The van der Waals surface area contributed by atoms with Crippen LogP contribution in [0.5, 0.6) is 0 Å². The van der Waals surface area contributed by atoms with Gasteiger partial charge in [0.15, 0.2) is 0 Å². The summed E-state index contributed by atoms with van der Waals surface area (Å²) in [5.41, 5.74) is 10.2. The second kappa shape index (κ2) is 4.90. The van der Waals surface area contributed by atoms with Gasteiger partial charge in [-0.3, -0.25) is 4.68 Å². The fourth-order valence-corrected chi connectivity index (χ4v) is 2.21. The lowest BCUT2D eigenvalue weighted by Gasteiger charge is -2.07. The zero-order chi connectivity index (χ0) is 12.4. The first-order chi connectivity index (χ1) is 8.15. The highest BCUT2D eigenvalue weighted by Crippen LogP contribution is 2.28. The molecule has 0 saturated carbocycles. The minimum atomic E-state index is 0.480. The van der Waals surface area contributed by atoms with Crippen LogP contribution in [0.2, 0.25) is 5.02 Å². The van der Waals surface area contributed by atoms with E-state index in [2.05, 4.69) is 12.0 Å². The smallest absolute Gasteiger partial charge is 0.0700 e. The SMILES string of the molecule is CCc1nn(C)cc1-c1ccc(Cl)cc1CN. The standard InChI is InChI=1S/C13H16ClN3/c1-3-13-12(8-17(2)16-13)11-5-4-10(14)6-9(11)7-15/h4-6,8H,3,7,15H2,1-2H3. The number of hydrogen-bond acceptors (Lipinski definition) is 2. The fraction of sp³-hybridized carbons (Fsp3) is 0.308. The maximum absolute atomic E-state index is 5.99. The Morgan fingerprint density at radius 1 is 1.35 bits per heavy atom. The Hall–Kier alpha value is -1.32. The number of nitrogens with zero attached hydrogens (tertiary/aromatic N) is 2. The van der Waals surface area contributed by atoms with Gasteiger partial charge >= 0.3 is 0 Å². The summed E-state index contributed by atoms with van der Waals surface area (Å²) in [6.45, 7) is 2.58. The third-order valence-corrected chi connectivity index (χ3v) is 3.05. The maximum atomic E-state index is 5.99. The van der Waals surface area contributed by atoms with E-state index in [4.69, 9.17) is 17.3 Å². The summed E-state index contributed by atoms with van der Waals surface area (Å²) in [6, 6.07) is 5.83. The Bertz CT molecular complexity index is 531. The van der Waals surface area contributed by atoms with E-state index in [9.17, 15) is 0 Å². The molecule has 0 unspecified atom stereocenters. The number of benzene rings is 1. The zero-order valence-electron chi connectivity index (χ0n) is 10.1. The van der Waals surface area contributed by atoms with Crippen molar-refractivity contribution in [3.8, 4) is 11.1 Å². The van der Waals surface area contributed by atoms with Gasteiger partial charge in [0.2, 0.25) is 0 Å². The largest absolute Gasteiger partial charge is 0.326 e. The molecule has 0 bridgehead atoms. The summed E-state index contributed by atoms with van der Waals surface area (Å²) in [5.74, 6) is 0. The molecule has 0 aliphatic rings. The summed E-state index contributed by atoms with van der Waals surface area (Å²) in [7, 11) is 1.93. The summed E-state index contributed by atoms with van der Waals surface area (Å²) in [4.78, 5) is 0. The molecule has 0 spiro atoms. The Balaban J connectivity index is 2.59. The lowest BCUT2D eigenvalue weighted by molar-refractivity contribution is 0.746. The van der Waals surface area contributed by atoms with Crippen LogP contribution in [0.15, 0.2) is 24.4 Å². The first-order valence-electron chi connectivity index (χ1n) is 5.67. The molecule has 1 heterocycles. The van der Waals surface area contributed by atoms with E-state index in [1.54, 1.807) is 0 Å². The van der Waals surface area contributed by atoms with Crippen molar-refractivity contribution >= 4 is 11.6 Å². The topological polar surface area (TPSA) is 43.8 Å². The molecule has 2 rings (SSSR count). The van der Waals surface area contributed by atoms with Crippen LogP contribution in [-0.2, 0) is 20.0 Å². The Morgan fingerprint density at radius 2 is 2.12 bits per heavy atom. The first kappa shape index (κ1) is 12.1. The number of aromatic nitrogens is 2. The predicted molar refractivity (Wildman–Crippen MR) is 70.9 cm³/mol. The number of aryl methyl sites for hydroxylation is 2. The molecule has 1 aromatic heterocycles. The van der Waals surface area contributed by atoms with E-state index in [1.807, 2.05) is 36.1 Å². The first-order valence-corrected chi connectivity index (χ1v) is 6.05. The molecule has 17 heavy (non-hydrogen) atoms. The molecule has 0 radical (unpaired) electrons. The fourth-order valence-electron chi connectivity index (χ4n) is 2.01. The van der Waals surface area contributed by atoms with Crippen molar-refractivity contribution in [2.75, 3.05) is 0 Å². The zero-order valence-corrected chi connectivity index (χ0v) is 10.8. The average molecular weight is 250 g/mol. The van der Waals surface area contributed by atoms with Crippen molar-refractivity contribution < 1.29 is 0 Å². The Morgan fingerprint density at radius 3 is 2.76 bits per heavy atom. The van der Waals surface area contributed by atoms with E-state index < -0.39 is 0 Å². The molecule has 3 nitrogen and oxygen atoms in total. The minimum absolute atomic E-state index is 0.480. The summed E-state index contributed by atoms with van der Waals surface area (Å²) in [5, 5.41) is 5.16. The van der Waals surface area contributed by atoms with E-state index >= 15 is 0 Å². The molecular formula is C13H16ClN3. The van der Waals surface area contributed by atoms with E-state index in [0.717, 1.165) is 33.8 Å². The molecule has 0 aliphatic heterocycles. The number of halogens is 1. The molecule has 2 aromatic rings. The lowest BCUT2D eigenvalue weighted by Crippen LogP contribution is -1.99. The van der Waals surface area contributed by atoms with Crippen LogP contribution in [0, 0.1) is 0 Å². The summed E-state index contributed by atoms with van der Waals surface area (Å²) in [6.07, 6.45) is 2.93. The number of hydrogen-bond donors (Lipinski definition) is 1. The quantitative estimate of drug-likeness (QED) is 0.909. The van der Waals surface area contributed by atoms with Crippen LogP contribution >= 0.6 is 11.6 Å². The molecule has 90 valence electrons. The third kappa shape index (κ3) is 2.35. The molecule has 0 amide bonds. The van der Waals surface area contributed by atoms with Gasteiger partial charge in [-0.25, -0.2) is 0 Å². The van der Waals surface area contributed by atoms with Crippen molar-refractivity contribution in [1.82, 2.24) is 9.78 Å². The Labute approximate surface area is 106 Å². The van der Waals surface area contributed by atoms with Crippen molar-refractivity contribution in [2.45, 2.75) is 19.9 Å². The van der Waals surface area contributed by atoms with Gasteiger partial charge < -0.3 is 5.73 Å². The maximum Gasteiger partial charge on any atom is 0.0700 e. The van der Waals surface area contributed by atoms with Crippen LogP contribution in [0.25, 0.3) is 11.1 Å². The number of rotatable bonds is 3. The van der Waals surface area contributed by atoms with Gasteiger partial charge in [-0.1, -0.05) is 24.6 Å². The molecular weight excluding hydrogens is 234 g/mol. The van der Waals surface area contributed by atoms with Crippen molar-refractivity contribution in [1.29, 1.82) is 0 Å². The van der Waals surface area contributed by atoms with Crippen LogP contribution in [0.3, 0.4) is 0 Å². The Kier molecular flexibility index (Phi) is 3.50. The minimum Gasteiger partial charge on any atom is -0.326 e. The monoisotopic (exact) mass is 249 g/mol. The van der Waals surface area contributed by atoms with Crippen LogP contribution in [-0.4, -0.2) is 9.78 Å². The van der Waals surface area contributed by atoms with Gasteiger partial charge in [0.25, 0.3) is 0 Å². The molecule has 0 saturated heterocycles. The summed E-state index contributed by atoms with van der Waals surface area (Å²) >= 11 is 5.99. The summed E-state index contributed by atoms with van der Waals surface area (Å²) < 4.78 is 1.84. The molecule has 0 fully saturated rings. The second-order valence-electron chi connectivity index (χ2n) is 4.02. The van der Waals surface area contributed by atoms with Crippen LogP contribution in [0.4, 0.5) is 0 Å². The van der Waals surface area contributed by atoms with Gasteiger partial charge in [0, 0.05) is 30.4 Å². The molecule has 0 atom stereocenters. The van der Waals surface area contributed by atoms with Gasteiger partial charge in [-0.15, -0.1) is 0 Å². The highest BCUT2D eigenvalue weighted by molar-refractivity contribution is 6.30. The number of nitrogens with two attached hydrogens (primary N) is 1. The van der Waals surface area contributed by atoms with E-state index in [0.29, 0.717) is 6.54 Å². The lowest BCUT2D eigenvalue weighted by atomic mass is 9.99. The highest BCUT2D eigenvalue weighted by Gasteiger charge is 2.11. The molecule has 4 heteroatoms. The average Bonchev–Trinajstić information content (AvgIpc) is 2.70. The van der Waals surface area contributed by atoms with Crippen molar-refractivity contribution in [2.24, 2.45) is 12.8 Å². The van der Waals surface area contributed by atoms with Gasteiger partial charge in [0.1, 0.15) is 0 Å². The molecule has 0 aliphatic carbocycles. The van der Waals surface area contributed by atoms with Crippen LogP contribution < -0.4 is 5.73 Å². The van der Waals surface area contributed by atoms with Gasteiger partial charge in [0.05, 0.1) is 5.69 Å². The second-order valence-corrected chi connectivity index (χ2v) is 4.46. The van der Waals surface area contributed by atoms with E-state index in [1.165, 1.54) is 0 Å². The molecule has 1 aromatic carbocycles. The van der Waals surface area contributed by atoms with Crippen molar-refractivity contribution in [3.05, 3.63) is 40.7 Å². The van der Waals surface area contributed by atoms with E-state index in [-0.39, 0.29) is 0 Å². The predicted octanol–water partition coefficient (Wildman–Crippen LogP) is 2.76. The van der Waals surface area contributed by atoms with Crippen LogP contribution in [0.1, 0.15) is 18.2 Å². The van der Waals surface area contributed by atoms with Crippen molar-refractivity contribution in [3.63, 3.8) is 0 Å².